The summed E-state index contributed by atoms with van der Waals surface area (Å²) in [6.45, 7) is 4.27. The third-order valence-electron chi connectivity index (χ3n) is 4.11. The number of nitrogens with zero attached hydrogens (tertiary/aromatic N) is 3. The number of benzene rings is 2. The van der Waals surface area contributed by atoms with Crippen LogP contribution in [0.4, 0.5) is 0 Å². The summed E-state index contributed by atoms with van der Waals surface area (Å²) in [6.07, 6.45) is 0. The number of aromatic nitrogens is 2. The van der Waals surface area contributed by atoms with Crippen LogP contribution in [0, 0.1) is 0 Å². The van der Waals surface area contributed by atoms with E-state index in [1.165, 1.54) is 16.9 Å². The van der Waals surface area contributed by atoms with Gasteiger partial charge in [-0.25, -0.2) is 8.42 Å². The topological polar surface area (TPSA) is 76.3 Å². The first kappa shape index (κ1) is 18.3. The van der Waals surface area contributed by atoms with Gasteiger partial charge in [0, 0.05) is 12.6 Å². The minimum absolute atomic E-state index is 0.00824. The maximum absolute atomic E-state index is 12.6. The van der Waals surface area contributed by atoms with E-state index < -0.39 is 10.0 Å². The van der Waals surface area contributed by atoms with Gasteiger partial charge in [0.1, 0.15) is 0 Å². The second-order valence-corrected chi connectivity index (χ2v) is 8.41. The van der Waals surface area contributed by atoms with Gasteiger partial charge in [-0.15, -0.1) is 0 Å². The van der Waals surface area contributed by atoms with Gasteiger partial charge in [-0.1, -0.05) is 61.5 Å². The lowest BCUT2D eigenvalue weighted by molar-refractivity contribution is 0.337. The molecule has 0 N–H and O–H groups in total. The number of hydrogen-bond donors (Lipinski definition) is 0. The summed E-state index contributed by atoms with van der Waals surface area (Å²) in [5.74, 6) is 1.14. The molecule has 0 amide bonds. The van der Waals surface area contributed by atoms with E-state index in [-0.39, 0.29) is 17.3 Å². The second-order valence-electron chi connectivity index (χ2n) is 6.36. The van der Waals surface area contributed by atoms with Crippen molar-refractivity contribution in [2.24, 2.45) is 0 Å². The molecule has 3 rings (SSSR count). The Morgan fingerprint density at radius 1 is 1.04 bits per heavy atom. The van der Waals surface area contributed by atoms with Gasteiger partial charge in [-0.3, -0.25) is 0 Å². The molecule has 3 aromatic rings. The molecule has 6 nitrogen and oxygen atoms in total. The minimum Gasteiger partial charge on any atom is -0.338 e. The Balaban J connectivity index is 1.76. The van der Waals surface area contributed by atoms with Gasteiger partial charge in [-0.2, -0.15) is 9.29 Å². The number of hydrogen-bond acceptors (Lipinski definition) is 5. The van der Waals surface area contributed by atoms with Crippen molar-refractivity contribution in [3.05, 3.63) is 66.1 Å². The Bertz CT molecular complexity index is 965. The quantitative estimate of drug-likeness (QED) is 0.661. The Morgan fingerprint density at radius 3 is 2.31 bits per heavy atom. The maximum Gasteiger partial charge on any atom is 0.243 e. The molecule has 2 aromatic carbocycles. The molecule has 0 saturated carbocycles. The Hall–Kier alpha value is -2.51. The first-order valence-corrected chi connectivity index (χ1v) is 9.76. The van der Waals surface area contributed by atoms with E-state index in [9.17, 15) is 8.42 Å². The standard InChI is InChI=1S/C19H21N3O3S/c1-14(2)15-9-11-16(12-10-15)19-20-18(25-21-19)13-22(3)26(23,24)17-7-5-4-6-8-17/h4-12,14H,13H2,1-3H3. The van der Waals surface area contributed by atoms with Gasteiger partial charge < -0.3 is 4.52 Å². The molecule has 0 saturated heterocycles. The summed E-state index contributed by atoms with van der Waals surface area (Å²) in [7, 11) is -2.11. The van der Waals surface area contributed by atoms with Crippen LogP contribution in [0.3, 0.4) is 0 Å². The number of rotatable bonds is 6. The fourth-order valence-electron chi connectivity index (χ4n) is 2.50. The summed E-state index contributed by atoms with van der Waals surface area (Å²) in [4.78, 5) is 4.55. The van der Waals surface area contributed by atoms with Crippen molar-refractivity contribution in [2.45, 2.75) is 31.2 Å². The third kappa shape index (κ3) is 3.84. The molecule has 136 valence electrons. The highest BCUT2D eigenvalue weighted by Crippen LogP contribution is 2.21. The monoisotopic (exact) mass is 371 g/mol. The molecule has 0 unspecified atom stereocenters. The molecule has 7 heteroatoms. The predicted octanol–water partition coefficient (Wildman–Crippen LogP) is 3.68. The maximum atomic E-state index is 12.6. The summed E-state index contributed by atoms with van der Waals surface area (Å²) in [5.41, 5.74) is 2.06. The van der Waals surface area contributed by atoms with E-state index in [0.29, 0.717) is 11.7 Å². The Kier molecular flexibility index (Phi) is 5.20. The predicted molar refractivity (Wildman–Crippen MR) is 98.9 cm³/mol. The zero-order chi connectivity index (χ0) is 18.7. The van der Waals surface area contributed by atoms with Gasteiger partial charge in [0.25, 0.3) is 0 Å². The van der Waals surface area contributed by atoms with E-state index in [1.54, 1.807) is 30.3 Å². The van der Waals surface area contributed by atoms with Crippen LogP contribution in [0.15, 0.2) is 64.0 Å². The highest BCUT2D eigenvalue weighted by atomic mass is 32.2. The molecule has 0 spiro atoms. The van der Waals surface area contributed by atoms with Crippen LogP contribution in [0.25, 0.3) is 11.4 Å². The largest absolute Gasteiger partial charge is 0.338 e. The van der Waals surface area contributed by atoms with Gasteiger partial charge in [0.15, 0.2) is 0 Å². The molecule has 0 atom stereocenters. The minimum atomic E-state index is -3.60. The fourth-order valence-corrected chi connectivity index (χ4v) is 3.64. The lowest BCUT2D eigenvalue weighted by atomic mass is 10.0. The smallest absolute Gasteiger partial charge is 0.243 e. The normalized spacial score (nSPS) is 12.0. The molecule has 0 aliphatic heterocycles. The lowest BCUT2D eigenvalue weighted by Crippen LogP contribution is -2.26. The summed E-state index contributed by atoms with van der Waals surface area (Å²) >= 11 is 0. The third-order valence-corrected chi connectivity index (χ3v) is 5.93. The van der Waals surface area contributed by atoms with E-state index >= 15 is 0 Å². The molecule has 1 heterocycles. The summed E-state index contributed by atoms with van der Waals surface area (Å²) < 4.78 is 31.5. The van der Waals surface area contributed by atoms with E-state index in [0.717, 1.165) is 5.56 Å². The van der Waals surface area contributed by atoms with Crippen molar-refractivity contribution < 1.29 is 12.9 Å². The van der Waals surface area contributed by atoms with Crippen LogP contribution in [0.1, 0.15) is 31.2 Å². The van der Waals surface area contributed by atoms with Gasteiger partial charge in [0.05, 0.1) is 11.4 Å². The molecule has 1 aromatic heterocycles. The zero-order valence-electron chi connectivity index (χ0n) is 15.0. The Morgan fingerprint density at radius 2 is 1.69 bits per heavy atom. The molecule has 26 heavy (non-hydrogen) atoms. The first-order valence-electron chi connectivity index (χ1n) is 8.32. The van der Waals surface area contributed by atoms with Gasteiger partial charge in [-0.05, 0) is 23.6 Å². The van der Waals surface area contributed by atoms with Crippen LogP contribution in [0.2, 0.25) is 0 Å². The Labute approximate surface area is 153 Å². The van der Waals surface area contributed by atoms with Crippen LogP contribution in [0.5, 0.6) is 0 Å². The highest BCUT2D eigenvalue weighted by Gasteiger charge is 2.23. The van der Waals surface area contributed by atoms with Crippen molar-refractivity contribution in [3.63, 3.8) is 0 Å². The SMILES string of the molecule is CC(C)c1ccc(-c2noc(CN(C)S(=O)(=O)c3ccccc3)n2)cc1. The average molecular weight is 371 g/mol. The molecule has 0 bridgehead atoms. The van der Waals surface area contributed by atoms with E-state index in [2.05, 4.69) is 24.0 Å². The van der Waals surface area contributed by atoms with E-state index in [4.69, 9.17) is 4.52 Å². The average Bonchev–Trinajstić information content (AvgIpc) is 3.11. The first-order chi connectivity index (χ1) is 12.4. The summed E-state index contributed by atoms with van der Waals surface area (Å²) in [6, 6.07) is 16.2. The fraction of sp³-hybridized carbons (Fsp3) is 0.263. The molecular formula is C19H21N3O3S. The van der Waals surface area contributed by atoms with E-state index in [1.807, 2.05) is 24.3 Å². The van der Waals surface area contributed by atoms with Gasteiger partial charge in [0.2, 0.25) is 21.7 Å². The van der Waals surface area contributed by atoms with Crippen molar-refractivity contribution in [3.8, 4) is 11.4 Å². The van der Waals surface area contributed by atoms with Crippen LogP contribution in [-0.2, 0) is 16.6 Å². The van der Waals surface area contributed by atoms with Gasteiger partial charge >= 0.3 is 0 Å². The number of sulfonamides is 1. The molecule has 0 aliphatic rings. The zero-order valence-corrected chi connectivity index (χ0v) is 15.8. The van der Waals surface area contributed by atoms with Crippen LogP contribution < -0.4 is 0 Å². The van der Waals surface area contributed by atoms with Crippen molar-refractivity contribution in [2.75, 3.05) is 7.05 Å². The highest BCUT2D eigenvalue weighted by molar-refractivity contribution is 7.89. The van der Waals surface area contributed by atoms with Crippen molar-refractivity contribution in [1.29, 1.82) is 0 Å². The molecule has 0 radical (unpaired) electrons. The van der Waals surface area contributed by atoms with Crippen molar-refractivity contribution in [1.82, 2.24) is 14.4 Å². The van der Waals surface area contributed by atoms with Crippen LogP contribution in [-0.4, -0.2) is 29.9 Å². The molecule has 0 aliphatic carbocycles. The van der Waals surface area contributed by atoms with Crippen molar-refractivity contribution >= 4 is 10.0 Å². The molecule has 0 fully saturated rings. The molecular weight excluding hydrogens is 350 g/mol. The van der Waals surface area contributed by atoms with Crippen LogP contribution >= 0.6 is 0 Å². The lowest BCUT2D eigenvalue weighted by Gasteiger charge is -2.14. The second kappa shape index (κ2) is 7.39. The summed E-state index contributed by atoms with van der Waals surface area (Å²) in [5, 5.41) is 3.96.